The van der Waals surface area contributed by atoms with Crippen LogP contribution in [0.15, 0.2) is 36.9 Å². The van der Waals surface area contributed by atoms with Gasteiger partial charge >= 0.3 is 6.03 Å². The molecule has 2 heterocycles. The van der Waals surface area contributed by atoms with Crippen molar-refractivity contribution in [3.63, 3.8) is 0 Å². The van der Waals surface area contributed by atoms with Crippen molar-refractivity contribution >= 4 is 17.8 Å². The van der Waals surface area contributed by atoms with E-state index >= 15 is 0 Å². The van der Waals surface area contributed by atoms with E-state index in [4.69, 9.17) is 0 Å². The summed E-state index contributed by atoms with van der Waals surface area (Å²) in [6, 6.07) is 4.29. The van der Waals surface area contributed by atoms with Gasteiger partial charge in [0.25, 0.3) is 0 Å². The normalized spacial score (nSPS) is 13.8. The molecule has 1 aromatic heterocycles. The van der Waals surface area contributed by atoms with Gasteiger partial charge in [-0.25, -0.2) is 14.2 Å². The number of hydrogen-bond donors (Lipinski definition) is 2. The number of rotatable bonds is 7. The third-order valence-corrected chi connectivity index (χ3v) is 4.01. The molecule has 9 heteroatoms. The van der Waals surface area contributed by atoms with Gasteiger partial charge in [-0.3, -0.25) is 14.5 Å². The first-order chi connectivity index (χ1) is 12.5. The van der Waals surface area contributed by atoms with Crippen LogP contribution in [0.3, 0.4) is 0 Å². The minimum absolute atomic E-state index is 0.00562. The average Bonchev–Trinajstić information content (AvgIpc) is 3.25. The molecule has 2 aromatic rings. The van der Waals surface area contributed by atoms with Gasteiger partial charge in [-0.1, -0.05) is 6.07 Å². The monoisotopic (exact) mass is 359 g/mol. The number of urea groups is 1. The van der Waals surface area contributed by atoms with Gasteiger partial charge < -0.3 is 15.2 Å². The number of imide groups is 1. The van der Waals surface area contributed by atoms with Gasteiger partial charge in [0.05, 0.1) is 18.6 Å². The minimum atomic E-state index is -0.427. The smallest absolute Gasteiger partial charge is 0.324 e. The molecule has 0 aliphatic carbocycles. The van der Waals surface area contributed by atoms with Crippen LogP contribution in [0.25, 0.3) is 5.69 Å². The summed E-state index contributed by atoms with van der Waals surface area (Å²) in [6.45, 7) is 0.404. The van der Waals surface area contributed by atoms with E-state index in [9.17, 15) is 18.8 Å². The van der Waals surface area contributed by atoms with Crippen LogP contribution in [-0.2, 0) is 16.1 Å². The van der Waals surface area contributed by atoms with Crippen LogP contribution in [0.4, 0.5) is 9.18 Å². The molecular weight excluding hydrogens is 341 g/mol. The van der Waals surface area contributed by atoms with Gasteiger partial charge in [0.1, 0.15) is 5.82 Å². The molecule has 3 rings (SSSR count). The summed E-state index contributed by atoms with van der Waals surface area (Å²) < 4.78 is 15.7. The van der Waals surface area contributed by atoms with Crippen molar-refractivity contribution in [3.8, 4) is 5.69 Å². The van der Waals surface area contributed by atoms with Crippen molar-refractivity contribution in [2.45, 2.75) is 19.4 Å². The van der Waals surface area contributed by atoms with Gasteiger partial charge in [-0.15, -0.1) is 0 Å². The minimum Gasteiger partial charge on any atom is -0.352 e. The Hall–Kier alpha value is -3.23. The number of benzene rings is 1. The van der Waals surface area contributed by atoms with Gasteiger partial charge in [0.15, 0.2) is 0 Å². The van der Waals surface area contributed by atoms with Crippen molar-refractivity contribution in [1.82, 2.24) is 25.1 Å². The third kappa shape index (κ3) is 4.05. The quantitative estimate of drug-likeness (QED) is 0.720. The highest BCUT2D eigenvalue weighted by molar-refractivity contribution is 6.01. The number of carbonyl (C=O) groups excluding carboxylic acids is 3. The Labute approximate surface area is 149 Å². The molecule has 1 aliphatic heterocycles. The number of amides is 4. The molecule has 1 fully saturated rings. The van der Waals surface area contributed by atoms with Crippen LogP contribution in [0.5, 0.6) is 0 Å². The van der Waals surface area contributed by atoms with Gasteiger partial charge in [0, 0.05) is 31.9 Å². The molecule has 136 valence electrons. The number of imidazole rings is 1. The lowest BCUT2D eigenvalue weighted by Gasteiger charge is -2.12. The molecule has 4 amide bonds. The zero-order valence-electron chi connectivity index (χ0n) is 13.9. The SMILES string of the molecule is O=C(CCCN1C(=O)CNC1=O)NCc1ccc(-n2ccnc2)c(F)c1. The lowest BCUT2D eigenvalue weighted by molar-refractivity contribution is -0.126. The Morgan fingerprint density at radius 1 is 1.35 bits per heavy atom. The average molecular weight is 359 g/mol. The van der Waals surface area contributed by atoms with Gasteiger partial charge in [0.2, 0.25) is 11.8 Å². The summed E-state index contributed by atoms with van der Waals surface area (Å²) in [4.78, 5) is 39.6. The van der Waals surface area contributed by atoms with Crippen molar-refractivity contribution in [2.24, 2.45) is 0 Å². The predicted octanol–water partition coefficient (Wildman–Crippen LogP) is 0.960. The van der Waals surface area contributed by atoms with Gasteiger partial charge in [-0.2, -0.15) is 0 Å². The summed E-state index contributed by atoms with van der Waals surface area (Å²) in [7, 11) is 0. The first-order valence-electron chi connectivity index (χ1n) is 8.16. The molecule has 0 spiro atoms. The fraction of sp³-hybridized carbons (Fsp3) is 0.294. The number of nitrogens with one attached hydrogen (secondary N) is 2. The first kappa shape index (κ1) is 17.6. The fourth-order valence-electron chi connectivity index (χ4n) is 2.64. The van der Waals surface area contributed by atoms with Crippen LogP contribution >= 0.6 is 0 Å². The summed E-state index contributed by atoms with van der Waals surface area (Å²) in [6.07, 6.45) is 5.26. The molecule has 0 radical (unpaired) electrons. The standard InChI is InChI=1S/C17H18FN5O3/c18-13-8-12(3-4-14(13)22-7-5-19-11-22)9-20-15(24)2-1-6-23-16(25)10-21-17(23)26/h3-5,7-8,11H,1-2,6,9-10H2,(H,20,24)(H,21,26). The number of nitrogens with zero attached hydrogens (tertiary/aromatic N) is 3. The van der Waals surface area contributed by atoms with Gasteiger partial charge in [-0.05, 0) is 24.1 Å². The molecule has 1 aromatic carbocycles. The van der Waals surface area contributed by atoms with Crippen LogP contribution in [0, 0.1) is 5.82 Å². The molecule has 0 unspecified atom stereocenters. The molecular formula is C17H18FN5O3. The molecule has 0 saturated carbocycles. The highest BCUT2D eigenvalue weighted by Gasteiger charge is 2.27. The van der Waals surface area contributed by atoms with E-state index in [0.29, 0.717) is 17.7 Å². The second kappa shape index (κ2) is 7.77. The topological polar surface area (TPSA) is 96.3 Å². The molecule has 0 atom stereocenters. The van der Waals surface area contributed by atoms with E-state index in [1.165, 1.54) is 12.4 Å². The highest BCUT2D eigenvalue weighted by Crippen LogP contribution is 2.15. The summed E-state index contributed by atoms with van der Waals surface area (Å²) >= 11 is 0. The molecule has 0 bridgehead atoms. The van der Waals surface area contributed by atoms with E-state index < -0.39 is 11.8 Å². The molecule has 1 saturated heterocycles. The number of carbonyl (C=O) groups is 3. The van der Waals surface area contributed by atoms with E-state index in [-0.39, 0.29) is 37.9 Å². The largest absolute Gasteiger partial charge is 0.352 e. The highest BCUT2D eigenvalue weighted by atomic mass is 19.1. The Kier molecular flexibility index (Phi) is 5.26. The second-order valence-electron chi connectivity index (χ2n) is 5.84. The Bertz CT molecular complexity index is 806. The maximum absolute atomic E-state index is 14.1. The molecule has 1 aliphatic rings. The number of halogens is 1. The van der Waals surface area contributed by atoms with E-state index in [0.717, 1.165) is 4.90 Å². The Balaban J connectivity index is 1.45. The maximum Gasteiger partial charge on any atom is 0.324 e. The lowest BCUT2D eigenvalue weighted by atomic mass is 10.2. The Morgan fingerprint density at radius 2 is 2.19 bits per heavy atom. The zero-order chi connectivity index (χ0) is 18.5. The molecule has 26 heavy (non-hydrogen) atoms. The molecule has 8 nitrogen and oxygen atoms in total. The molecule has 2 N–H and O–H groups in total. The summed E-state index contributed by atoms with van der Waals surface area (Å²) in [5, 5.41) is 5.12. The van der Waals surface area contributed by atoms with Crippen LogP contribution in [0.2, 0.25) is 0 Å². The first-order valence-corrected chi connectivity index (χ1v) is 8.16. The lowest BCUT2D eigenvalue weighted by Crippen LogP contribution is -2.32. The fourth-order valence-corrected chi connectivity index (χ4v) is 2.64. The third-order valence-electron chi connectivity index (χ3n) is 4.01. The van der Waals surface area contributed by atoms with Crippen molar-refractivity contribution in [2.75, 3.05) is 13.1 Å². The van der Waals surface area contributed by atoms with Crippen LogP contribution in [0.1, 0.15) is 18.4 Å². The van der Waals surface area contributed by atoms with E-state index in [2.05, 4.69) is 15.6 Å². The Morgan fingerprint density at radius 3 is 2.85 bits per heavy atom. The summed E-state index contributed by atoms with van der Waals surface area (Å²) in [5.41, 5.74) is 1.01. The second-order valence-corrected chi connectivity index (χ2v) is 5.84. The van der Waals surface area contributed by atoms with Crippen molar-refractivity contribution in [3.05, 3.63) is 48.3 Å². The van der Waals surface area contributed by atoms with Crippen LogP contribution < -0.4 is 10.6 Å². The predicted molar refractivity (Wildman–Crippen MR) is 89.7 cm³/mol. The van der Waals surface area contributed by atoms with E-state index in [1.54, 1.807) is 29.1 Å². The van der Waals surface area contributed by atoms with E-state index in [1.807, 2.05) is 0 Å². The number of aromatic nitrogens is 2. The van der Waals surface area contributed by atoms with Crippen molar-refractivity contribution in [1.29, 1.82) is 0 Å². The maximum atomic E-state index is 14.1. The van der Waals surface area contributed by atoms with Crippen molar-refractivity contribution < 1.29 is 18.8 Å². The number of hydrogen-bond acceptors (Lipinski definition) is 4. The van der Waals surface area contributed by atoms with Crippen LogP contribution in [-0.4, -0.2) is 45.4 Å². The summed E-state index contributed by atoms with van der Waals surface area (Å²) in [5.74, 6) is -0.923. The zero-order valence-corrected chi connectivity index (χ0v) is 13.9.